The lowest BCUT2D eigenvalue weighted by atomic mass is 10.1. The van der Waals surface area contributed by atoms with Crippen LogP contribution in [0.15, 0.2) is 47.4 Å². The summed E-state index contributed by atoms with van der Waals surface area (Å²) in [5.41, 5.74) is -0.175. The molecule has 1 aromatic carbocycles. The molecule has 0 unspecified atom stereocenters. The Labute approximate surface area is 107 Å². The summed E-state index contributed by atoms with van der Waals surface area (Å²) in [5.74, 6) is 0. The summed E-state index contributed by atoms with van der Waals surface area (Å²) < 4.78 is 38.4. The van der Waals surface area contributed by atoms with Gasteiger partial charge in [0.2, 0.25) is 0 Å². The summed E-state index contributed by atoms with van der Waals surface area (Å²) in [6.07, 6.45) is -2.38. The van der Waals surface area contributed by atoms with Gasteiger partial charge in [0.1, 0.15) is 0 Å². The van der Waals surface area contributed by atoms with Crippen molar-refractivity contribution in [3.8, 4) is 0 Å². The van der Waals surface area contributed by atoms with E-state index in [1.165, 1.54) is 35.1 Å². The minimum Gasteiger partial charge on any atom is -0.268 e. The van der Waals surface area contributed by atoms with Crippen LogP contribution in [0.2, 0.25) is 0 Å². The Kier molecular flexibility index (Phi) is 3.69. The Bertz CT molecular complexity index is 602. The van der Waals surface area contributed by atoms with Gasteiger partial charge in [-0.3, -0.25) is 4.79 Å². The highest BCUT2D eigenvalue weighted by Crippen LogP contribution is 2.29. The van der Waals surface area contributed by atoms with Gasteiger partial charge < -0.3 is 0 Å². The molecule has 0 spiro atoms. The Balaban J connectivity index is 2.05. The molecule has 0 fully saturated rings. The summed E-state index contributed by atoms with van der Waals surface area (Å²) in [7, 11) is 0. The Hall–Kier alpha value is -2.11. The summed E-state index contributed by atoms with van der Waals surface area (Å²) >= 11 is 0. The van der Waals surface area contributed by atoms with Gasteiger partial charge >= 0.3 is 6.18 Å². The zero-order valence-corrected chi connectivity index (χ0v) is 9.89. The predicted octanol–water partition coefficient (Wildman–Crippen LogP) is 2.50. The Morgan fingerprint density at radius 1 is 1.11 bits per heavy atom. The first-order chi connectivity index (χ1) is 8.97. The smallest absolute Gasteiger partial charge is 0.268 e. The van der Waals surface area contributed by atoms with Crippen LogP contribution in [0.1, 0.15) is 11.1 Å². The fourth-order valence-corrected chi connectivity index (χ4v) is 1.65. The van der Waals surface area contributed by atoms with Crippen molar-refractivity contribution < 1.29 is 13.2 Å². The van der Waals surface area contributed by atoms with Gasteiger partial charge in [0.05, 0.1) is 5.56 Å². The monoisotopic (exact) mass is 268 g/mol. The second-order valence-corrected chi connectivity index (χ2v) is 4.03. The van der Waals surface area contributed by atoms with Crippen molar-refractivity contribution >= 4 is 0 Å². The molecule has 0 N–H and O–H groups in total. The molecule has 2 rings (SSSR count). The van der Waals surface area contributed by atoms with Gasteiger partial charge in [0.15, 0.2) is 0 Å². The van der Waals surface area contributed by atoms with Gasteiger partial charge in [-0.2, -0.15) is 18.3 Å². The van der Waals surface area contributed by atoms with E-state index in [0.29, 0.717) is 13.0 Å². The van der Waals surface area contributed by atoms with Crippen LogP contribution >= 0.6 is 0 Å². The van der Waals surface area contributed by atoms with E-state index in [2.05, 4.69) is 5.10 Å². The molecule has 0 atom stereocenters. The third kappa shape index (κ3) is 3.43. The molecule has 0 aliphatic carbocycles. The van der Waals surface area contributed by atoms with Crippen LogP contribution in [0.3, 0.4) is 0 Å². The van der Waals surface area contributed by atoms with E-state index in [4.69, 9.17) is 0 Å². The highest BCUT2D eigenvalue weighted by molar-refractivity contribution is 5.24. The van der Waals surface area contributed by atoms with E-state index in [1.807, 2.05) is 0 Å². The maximum Gasteiger partial charge on any atom is 0.416 e. The molecule has 0 saturated carbocycles. The van der Waals surface area contributed by atoms with Crippen molar-refractivity contribution in [1.82, 2.24) is 9.78 Å². The average molecular weight is 268 g/mol. The highest BCUT2D eigenvalue weighted by Gasteiger charge is 2.29. The first-order valence-electron chi connectivity index (χ1n) is 5.65. The maximum atomic E-state index is 12.4. The molecule has 0 aliphatic heterocycles. The van der Waals surface area contributed by atoms with Crippen LogP contribution in [-0.2, 0) is 19.1 Å². The van der Waals surface area contributed by atoms with Crippen molar-refractivity contribution in [1.29, 1.82) is 0 Å². The first-order valence-corrected chi connectivity index (χ1v) is 5.65. The van der Waals surface area contributed by atoms with Gasteiger partial charge in [0.25, 0.3) is 5.56 Å². The third-order valence-electron chi connectivity index (χ3n) is 2.68. The van der Waals surface area contributed by atoms with Crippen LogP contribution < -0.4 is 5.56 Å². The van der Waals surface area contributed by atoms with E-state index >= 15 is 0 Å². The standard InChI is InChI=1S/C13H11F3N2O/c14-13(15,16)11-5-3-10(4-6-11)7-9-18-12(19)2-1-8-17-18/h1-6,8H,7,9H2. The number of aryl methyl sites for hydroxylation is 2. The highest BCUT2D eigenvalue weighted by atomic mass is 19.4. The van der Waals surface area contributed by atoms with Gasteiger partial charge in [-0.1, -0.05) is 12.1 Å². The lowest BCUT2D eigenvalue weighted by molar-refractivity contribution is -0.137. The molecule has 1 heterocycles. The number of alkyl halides is 3. The molecule has 0 aliphatic rings. The van der Waals surface area contributed by atoms with Gasteiger partial charge in [-0.25, -0.2) is 4.68 Å². The Morgan fingerprint density at radius 2 is 1.79 bits per heavy atom. The van der Waals surface area contributed by atoms with E-state index in [-0.39, 0.29) is 5.56 Å². The summed E-state index contributed by atoms with van der Waals surface area (Å²) in [6.45, 7) is 0.338. The van der Waals surface area contributed by atoms with Crippen LogP contribution in [-0.4, -0.2) is 9.78 Å². The fourth-order valence-electron chi connectivity index (χ4n) is 1.65. The number of hydrogen-bond donors (Lipinski definition) is 0. The minimum atomic E-state index is -4.32. The van der Waals surface area contributed by atoms with Crippen molar-refractivity contribution in [2.45, 2.75) is 19.1 Å². The molecule has 6 heteroatoms. The van der Waals surface area contributed by atoms with E-state index in [9.17, 15) is 18.0 Å². The van der Waals surface area contributed by atoms with Crippen molar-refractivity contribution in [3.63, 3.8) is 0 Å². The summed E-state index contributed by atoms with van der Waals surface area (Å²) in [4.78, 5) is 11.4. The number of aromatic nitrogens is 2. The summed E-state index contributed by atoms with van der Waals surface area (Å²) in [5, 5.41) is 3.87. The number of hydrogen-bond acceptors (Lipinski definition) is 2. The second-order valence-electron chi connectivity index (χ2n) is 4.03. The molecular formula is C13H11F3N2O. The molecule has 3 nitrogen and oxygen atoms in total. The normalized spacial score (nSPS) is 11.5. The quantitative estimate of drug-likeness (QED) is 0.857. The van der Waals surface area contributed by atoms with Crippen LogP contribution in [0.5, 0.6) is 0 Å². The Morgan fingerprint density at radius 3 is 2.37 bits per heavy atom. The van der Waals surface area contributed by atoms with Crippen molar-refractivity contribution in [2.75, 3.05) is 0 Å². The SMILES string of the molecule is O=c1cccnn1CCc1ccc(C(F)(F)F)cc1. The molecule has 0 amide bonds. The number of benzene rings is 1. The van der Waals surface area contributed by atoms with E-state index in [1.54, 1.807) is 0 Å². The van der Waals surface area contributed by atoms with Gasteiger partial charge in [0, 0.05) is 18.8 Å². The molecule has 2 aromatic rings. The zero-order chi connectivity index (χ0) is 13.9. The van der Waals surface area contributed by atoms with Crippen molar-refractivity contribution in [2.24, 2.45) is 0 Å². The topological polar surface area (TPSA) is 34.9 Å². The van der Waals surface area contributed by atoms with Gasteiger partial charge in [-0.05, 0) is 30.2 Å². The van der Waals surface area contributed by atoms with Crippen LogP contribution in [0, 0.1) is 0 Å². The largest absolute Gasteiger partial charge is 0.416 e. The lowest BCUT2D eigenvalue weighted by Crippen LogP contribution is -2.22. The molecule has 0 bridgehead atoms. The van der Waals surface area contributed by atoms with Crippen LogP contribution in [0.25, 0.3) is 0 Å². The molecule has 1 aromatic heterocycles. The van der Waals surface area contributed by atoms with Crippen LogP contribution in [0.4, 0.5) is 13.2 Å². The first kappa shape index (κ1) is 13.3. The molecule has 0 radical (unpaired) electrons. The predicted molar refractivity (Wildman–Crippen MR) is 63.6 cm³/mol. The summed E-state index contributed by atoms with van der Waals surface area (Å²) in [6, 6.07) is 7.83. The third-order valence-corrected chi connectivity index (χ3v) is 2.68. The molecule has 0 saturated heterocycles. The fraction of sp³-hybridized carbons (Fsp3) is 0.231. The lowest BCUT2D eigenvalue weighted by Gasteiger charge is -2.08. The zero-order valence-electron chi connectivity index (χ0n) is 9.89. The molecule has 19 heavy (non-hydrogen) atoms. The van der Waals surface area contributed by atoms with Crippen molar-refractivity contribution in [3.05, 3.63) is 64.1 Å². The minimum absolute atomic E-state index is 0.227. The number of halogens is 3. The number of nitrogens with zero attached hydrogens (tertiary/aromatic N) is 2. The second kappa shape index (κ2) is 5.26. The van der Waals surface area contributed by atoms with Gasteiger partial charge in [-0.15, -0.1) is 0 Å². The van der Waals surface area contributed by atoms with E-state index < -0.39 is 11.7 Å². The molecular weight excluding hydrogens is 257 g/mol. The van der Waals surface area contributed by atoms with E-state index in [0.717, 1.165) is 17.7 Å². The average Bonchev–Trinajstić information content (AvgIpc) is 2.37. The number of rotatable bonds is 3. The maximum absolute atomic E-state index is 12.4. The molecule has 100 valence electrons.